The predicted octanol–water partition coefficient (Wildman–Crippen LogP) is 1.46. The van der Waals surface area contributed by atoms with Crippen LogP contribution < -0.4 is 5.73 Å². The van der Waals surface area contributed by atoms with Crippen LogP contribution in [0.3, 0.4) is 0 Å². The average Bonchev–Trinajstić information content (AvgIpc) is 2.51. The van der Waals surface area contributed by atoms with Gasteiger partial charge in [0.25, 0.3) is 0 Å². The Labute approximate surface area is 78.5 Å². The molecule has 0 bridgehead atoms. The summed E-state index contributed by atoms with van der Waals surface area (Å²) in [6.07, 6.45) is 0.751. The molecule has 0 aromatic carbocycles. The number of hydrogen-bond acceptors (Lipinski definition) is 4. The van der Waals surface area contributed by atoms with Gasteiger partial charge in [-0.1, -0.05) is 25.9 Å². The van der Waals surface area contributed by atoms with Crippen LogP contribution in [-0.4, -0.2) is 10.1 Å². The van der Waals surface area contributed by atoms with Crippen molar-refractivity contribution in [2.45, 2.75) is 39.7 Å². The fourth-order valence-electron chi connectivity index (χ4n) is 0.875. The molecule has 1 unspecified atom stereocenters. The Balaban J connectivity index is 2.93. The molecule has 1 atom stereocenters. The van der Waals surface area contributed by atoms with Gasteiger partial charge in [-0.3, -0.25) is 0 Å². The van der Waals surface area contributed by atoms with Crippen molar-refractivity contribution >= 4 is 0 Å². The van der Waals surface area contributed by atoms with Crippen molar-refractivity contribution in [2.75, 3.05) is 0 Å². The van der Waals surface area contributed by atoms with E-state index in [0.29, 0.717) is 11.7 Å². The highest BCUT2D eigenvalue weighted by Gasteiger charge is 2.30. The Bertz CT molecular complexity index is 278. The summed E-state index contributed by atoms with van der Waals surface area (Å²) in [6, 6.07) is 0. The molecule has 1 heterocycles. The number of nitrogens with zero attached hydrogens (tertiary/aromatic N) is 2. The minimum Gasteiger partial charge on any atom is -0.339 e. The predicted molar refractivity (Wildman–Crippen MR) is 50.1 cm³/mol. The van der Waals surface area contributed by atoms with Crippen molar-refractivity contribution in [1.29, 1.82) is 0 Å². The summed E-state index contributed by atoms with van der Waals surface area (Å²) in [5.41, 5.74) is 5.56. The normalized spacial score (nSPS) is 16.2. The van der Waals surface area contributed by atoms with Gasteiger partial charge in [0.15, 0.2) is 5.82 Å². The van der Waals surface area contributed by atoms with Crippen molar-refractivity contribution in [3.8, 4) is 0 Å². The molecule has 4 heteroatoms. The van der Waals surface area contributed by atoms with E-state index >= 15 is 0 Å². The first-order chi connectivity index (χ1) is 5.98. The summed E-state index contributed by atoms with van der Waals surface area (Å²) >= 11 is 0. The molecule has 0 aliphatic rings. The van der Waals surface area contributed by atoms with Crippen LogP contribution in [0, 0.1) is 5.92 Å². The second-order valence-corrected chi connectivity index (χ2v) is 3.80. The lowest BCUT2D eigenvalue weighted by Crippen LogP contribution is -2.39. The van der Waals surface area contributed by atoms with Gasteiger partial charge in [-0.15, -0.1) is 0 Å². The van der Waals surface area contributed by atoms with Gasteiger partial charge in [0, 0.05) is 6.42 Å². The van der Waals surface area contributed by atoms with Crippen LogP contribution in [0.5, 0.6) is 0 Å². The molecule has 0 saturated carbocycles. The molecular formula is C9H17N3O. The van der Waals surface area contributed by atoms with Crippen LogP contribution in [0.1, 0.15) is 39.4 Å². The molecule has 1 aromatic rings. The molecule has 0 fully saturated rings. The fraction of sp³-hybridized carbons (Fsp3) is 0.778. The van der Waals surface area contributed by atoms with Crippen LogP contribution in [0.25, 0.3) is 0 Å². The molecule has 0 aliphatic carbocycles. The molecule has 0 spiro atoms. The zero-order chi connectivity index (χ0) is 10.1. The van der Waals surface area contributed by atoms with Crippen molar-refractivity contribution in [2.24, 2.45) is 11.7 Å². The van der Waals surface area contributed by atoms with Gasteiger partial charge < -0.3 is 10.3 Å². The molecule has 74 valence electrons. The maximum atomic E-state index is 6.06. The summed E-state index contributed by atoms with van der Waals surface area (Å²) in [4.78, 5) is 4.22. The van der Waals surface area contributed by atoms with Crippen LogP contribution >= 0.6 is 0 Å². The molecule has 0 saturated heterocycles. The third-order valence-electron chi connectivity index (χ3n) is 2.45. The van der Waals surface area contributed by atoms with Crippen LogP contribution in [0.4, 0.5) is 0 Å². The topological polar surface area (TPSA) is 64.9 Å². The average molecular weight is 183 g/mol. The second-order valence-electron chi connectivity index (χ2n) is 3.80. The smallest absolute Gasteiger partial charge is 0.226 e. The summed E-state index contributed by atoms with van der Waals surface area (Å²) in [7, 11) is 0. The van der Waals surface area contributed by atoms with Gasteiger partial charge in [0.05, 0.1) is 5.54 Å². The minimum absolute atomic E-state index is 0.287. The third kappa shape index (κ3) is 1.88. The molecule has 1 rings (SSSR count). The first-order valence-electron chi connectivity index (χ1n) is 4.60. The van der Waals surface area contributed by atoms with E-state index in [1.807, 2.05) is 27.7 Å². The highest BCUT2D eigenvalue weighted by Crippen LogP contribution is 2.23. The zero-order valence-electron chi connectivity index (χ0n) is 8.66. The summed E-state index contributed by atoms with van der Waals surface area (Å²) < 4.78 is 5.01. The van der Waals surface area contributed by atoms with Gasteiger partial charge in [0.2, 0.25) is 5.89 Å². The van der Waals surface area contributed by atoms with Crippen molar-refractivity contribution in [3.05, 3.63) is 11.7 Å². The molecule has 1 aromatic heterocycles. The van der Waals surface area contributed by atoms with Crippen molar-refractivity contribution < 1.29 is 4.52 Å². The van der Waals surface area contributed by atoms with Crippen LogP contribution in [-0.2, 0) is 12.0 Å². The van der Waals surface area contributed by atoms with Gasteiger partial charge in [-0.05, 0) is 12.8 Å². The van der Waals surface area contributed by atoms with Crippen molar-refractivity contribution in [1.82, 2.24) is 10.1 Å². The number of nitrogens with two attached hydrogens (primary N) is 1. The molecular weight excluding hydrogens is 166 g/mol. The van der Waals surface area contributed by atoms with E-state index in [9.17, 15) is 0 Å². The van der Waals surface area contributed by atoms with E-state index in [1.54, 1.807) is 0 Å². The fourth-order valence-corrected chi connectivity index (χ4v) is 0.875. The largest absolute Gasteiger partial charge is 0.339 e. The summed E-state index contributed by atoms with van der Waals surface area (Å²) in [6.45, 7) is 7.98. The maximum absolute atomic E-state index is 6.06. The van der Waals surface area contributed by atoms with Gasteiger partial charge in [-0.2, -0.15) is 4.98 Å². The number of rotatable bonds is 3. The van der Waals surface area contributed by atoms with Crippen molar-refractivity contribution in [3.63, 3.8) is 0 Å². The first-order valence-corrected chi connectivity index (χ1v) is 4.60. The molecule has 0 aliphatic heterocycles. The minimum atomic E-state index is -0.503. The van der Waals surface area contributed by atoms with E-state index < -0.39 is 5.54 Å². The van der Waals surface area contributed by atoms with Gasteiger partial charge >= 0.3 is 0 Å². The monoisotopic (exact) mass is 183 g/mol. The van der Waals surface area contributed by atoms with E-state index in [4.69, 9.17) is 10.3 Å². The molecule has 4 nitrogen and oxygen atoms in total. The van der Waals surface area contributed by atoms with Crippen LogP contribution in [0.15, 0.2) is 4.52 Å². The molecule has 13 heavy (non-hydrogen) atoms. The SMILES string of the molecule is CCc1nc(C(C)(N)C(C)C)no1. The van der Waals surface area contributed by atoms with E-state index in [2.05, 4.69) is 10.1 Å². The van der Waals surface area contributed by atoms with Gasteiger partial charge in [-0.25, -0.2) is 0 Å². The van der Waals surface area contributed by atoms with E-state index in [-0.39, 0.29) is 5.92 Å². The molecule has 0 radical (unpaired) electrons. The summed E-state index contributed by atoms with van der Waals surface area (Å²) in [5.74, 6) is 1.53. The van der Waals surface area contributed by atoms with Crippen LogP contribution in [0.2, 0.25) is 0 Å². The number of aromatic nitrogens is 2. The lowest BCUT2D eigenvalue weighted by Gasteiger charge is -2.24. The summed E-state index contributed by atoms with van der Waals surface area (Å²) in [5, 5.41) is 3.87. The second kappa shape index (κ2) is 3.46. The quantitative estimate of drug-likeness (QED) is 0.770. The zero-order valence-corrected chi connectivity index (χ0v) is 8.66. The number of hydrogen-bond donors (Lipinski definition) is 1. The highest BCUT2D eigenvalue weighted by molar-refractivity contribution is 5.03. The third-order valence-corrected chi connectivity index (χ3v) is 2.45. The first kappa shape index (κ1) is 10.2. The Morgan fingerprint density at radius 3 is 2.54 bits per heavy atom. The Morgan fingerprint density at radius 2 is 2.15 bits per heavy atom. The Hall–Kier alpha value is -0.900. The van der Waals surface area contributed by atoms with E-state index in [1.165, 1.54) is 0 Å². The lowest BCUT2D eigenvalue weighted by atomic mass is 9.89. The lowest BCUT2D eigenvalue weighted by molar-refractivity contribution is 0.306. The number of aryl methyl sites for hydroxylation is 1. The van der Waals surface area contributed by atoms with E-state index in [0.717, 1.165) is 6.42 Å². The Morgan fingerprint density at radius 1 is 1.54 bits per heavy atom. The maximum Gasteiger partial charge on any atom is 0.226 e. The highest BCUT2D eigenvalue weighted by atomic mass is 16.5. The Kier molecular flexibility index (Phi) is 2.71. The molecule has 0 amide bonds. The standard InChI is InChI=1S/C9H17N3O/c1-5-7-11-8(12-13-7)9(4,10)6(2)3/h6H,5,10H2,1-4H3. The molecule has 2 N–H and O–H groups in total. The van der Waals surface area contributed by atoms with Gasteiger partial charge in [0.1, 0.15) is 0 Å².